The number of ether oxygens (including phenoxy) is 2. The van der Waals surface area contributed by atoms with Crippen LogP contribution in [0.3, 0.4) is 0 Å². The number of aliphatic hydroxyl groups is 2. The van der Waals surface area contributed by atoms with Gasteiger partial charge < -0.3 is 19.7 Å². The molecule has 0 spiro atoms. The second-order valence-electron chi connectivity index (χ2n) is 9.72. The molecule has 0 aliphatic heterocycles. The fourth-order valence-electron chi connectivity index (χ4n) is 7.02. The fourth-order valence-corrected chi connectivity index (χ4v) is 7.02. The monoisotopic (exact) mass is 404 g/mol. The summed E-state index contributed by atoms with van der Waals surface area (Å²) in [5, 5.41) is 18.0. The lowest BCUT2D eigenvalue weighted by Crippen LogP contribution is -2.52. The van der Waals surface area contributed by atoms with Crippen LogP contribution in [0, 0.1) is 34.5 Å². The van der Waals surface area contributed by atoms with E-state index in [0.29, 0.717) is 29.4 Å². The van der Waals surface area contributed by atoms with Crippen molar-refractivity contribution in [3.63, 3.8) is 0 Å². The van der Waals surface area contributed by atoms with Gasteiger partial charge in [-0.2, -0.15) is 0 Å². The predicted octanol–water partition coefficient (Wildman–Crippen LogP) is 2.74. The van der Waals surface area contributed by atoms with Crippen LogP contribution in [0.5, 0.6) is 0 Å². The zero-order valence-electron chi connectivity index (χ0n) is 17.3. The Morgan fingerprint density at radius 3 is 2.52 bits per heavy atom. The molecule has 0 aromatic carbocycles. The van der Waals surface area contributed by atoms with Gasteiger partial charge in [0, 0.05) is 5.41 Å². The van der Waals surface area contributed by atoms with Crippen molar-refractivity contribution in [1.29, 1.82) is 0 Å². The highest BCUT2D eigenvalue weighted by Gasteiger charge is 2.60. The topological polar surface area (TPSA) is 93.1 Å². The molecule has 0 bridgehead atoms. The number of hydrogen-bond acceptors (Lipinski definition) is 6. The van der Waals surface area contributed by atoms with E-state index in [0.717, 1.165) is 38.5 Å². The van der Waals surface area contributed by atoms with Crippen molar-refractivity contribution in [3.05, 3.63) is 24.0 Å². The van der Waals surface area contributed by atoms with Crippen molar-refractivity contribution < 1.29 is 29.3 Å². The Morgan fingerprint density at radius 2 is 1.79 bits per heavy atom. The van der Waals surface area contributed by atoms with E-state index in [1.165, 1.54) is 0 Å². The first-order valence-corrected chi connectivity index (χ1v) is 10.8. The van der Waals surface area contributed by atoms with Gasteiger partial charge >= 0.3 is 11.9 Å². The van der Waals surface area contributed by atoms with Crippen LogP contribution >= 0.6 is 0 Å². The molecule has 4 rings (SSSR count). The highest BCUT2D eigenvalue weighted by Crippen LogP contribution is 2.65. The summed E-state index contributed by atoms with van der Waals surface area (Å²) in [5.41, 5.74) is 0.0183. The van der Waals surface area contributed by atoms with Gasteiger partial charge in [-0.05, 0) is 79.8 Å². The van der Waals surface area contributed by atoms with E-state index in [4.69, 9.17) is 19.7 Å². The van der Waals surface area contributed by atoms with Crippen LogP contribution in [0.25, 0.3) is 0 Å². The number of allylic oxidation sites excluding steroid dienone is 3. The summed E-state index contributed by atoms with van der Waals surface area (Å²) in [6, 6.07) is 0. The highest BCUT2D eigenvalue weighted by molar-refractivity contribution is 5.72. The van der Waals surface area contributed by atoms with E-state index in [1.807, 2.05) is 6.08 Å². The lowest BCUT2D eigenvalue weighted by atomic mass is 9.47. The largest absolute Gasteiger partial charge is 0.460 e. The summed E-state index contributed by atoms with van der Waals surface area (Å²) in [6.45, 7) is 3.43. The molecule has 4 aliphatic rings. The molecule has 0 aromatic heterocycles. The Bertz CT molecular complexity index is 742. The molecule has 2 N–H and O–H groups in total. The summed E-state index contributed by atoms with van der Waals surface area (Å²) in [6.07, 6.45) is 12.3. The van der Waals surface area contributed by atoms with E-state index in [-0.39, 0.29) is 16.9 Å². The van der Waals surface area contributed by atoms with Crippen LogP contribution < -0.4 is 0 Å². The average Bonchev–Trinajstić information content (AvgIpc) is 3.04. The zero-order valence-corrected chi connectivity index (χ0v) is 17.3. The lowest BCUT2D eigenvalue weighted by molar-refractivity contribution is -0.163. The summed E-state index contributed by atoms with van der Waals surface area (Å²) >= 11 is 0. The molecule has 7 atom stereocenters. The quantitative estimate of drug-likeness (QED) is 0.700. The van der Waals surface area contributed by atoms with Gasteiger partial charge in [0.2, 0.25) is 0 Å². The third kappa shape index (κ3) is 3.34. The Labute approximate surface area is 172 Å². The molecule has 4 aliphatic carbocycles. The van der Waals surface area contributed by atoms with Gasteiger partial charge in [-0.15, -0.1) is 0 Å². The normalized spacial score (nSPS) is 42.9. The van der Waals surface area contributed by atoms with Gasteiger partial charge in [-0.25, -0.2) is 9.59 Å². The second-order valence-corrected chi connectivity index (χ2v) is 9.72. The Kier molecular flexibility index (Phi) is 5.36. The predicted molar refractivity (Wildman–Crippen MR) is 105 cm³/mol. The Hall–Kier alpha value is -1.66. The number of aliphatic hydroxyl groups excluding tert-OH is 2. The molecule has 0 radical (unpaired) electrons. The molecule has 0 saturated heterocycles. The average molecular weight is 405 g/mol. The number of carbonyl (C=O) groups excluding carboxylic acids is 2. The Balaban J connectivity index is 1.52. The maximum atomic E-state index is 11.7. The van der Waals surface area contributed by atoms with Crippen LogP contribution in [0.15, 0.2) is 24.0 Å². The van der Waals surface area contributed by atoms with Crippen molar-refractivity contribution in [1.82, 2.24) is 0 Å². The van der Waals surface area contributed by atoms with Gasteiger partial charge in [0.05, 0.1) is 0 Å². The number of esters is 2. The van der Waals surface area contributed by atoms with E-state index in [1.54, 1.807) is 0 Å². The fraction of sp³-hybridized carbons (Fsp3) is 0.739. The number of carbonyl (C=O) groups is 2. The van der Waals surface area contributed by atoms with Crippen molar-refractivity contribution in [2.75, 3.05) is 13.2 Å². The molecule has 160 valence electrons. The van der Waals surface area contributed by atoms with Gasteiger partial charge in [0.15, 0.2) is 0 Å². The van der Waals surface area contributed by atoms with E-state index in [9.17, 15) is 9.59 Å². The standard InChI is InChI=1S/C23H32O6/c1-22-9-7-15(28-20(26)12-24)11-14(22)3-4-16-17-5-6-19(29-21(27)13-25)23(17,2)10-8-18(16)22/h7,9,11,14,16-19,24-25H,3-6,8,10,12-13H2,1-2H3/t14?,16-,17-,18+,19?,22-,23-/m0/s1. The van der Waals surface area contributed by atoms with Gasteiger partial charge in [0.25, 0.3) is 0 Å². The minimum atomic E-state index is -0.624. The highest BCUT2D eigenvalue weighted by atomic mass is 16.6. The molecule has 0 heterocycles. The molecule has 3 saturated carbocycles. The molecule has 6 heteroatoms. The van der Waals surface area contributed by atoms with Crippen LogP contribution in [-0.4, -0.2) is 41.5 Å². The third-order valence-corrected chi connectivity index (χ3v) is 8.49. The van der Waals surface area contributed by atoms with E-state index >= 15 is 0 Å². The van der Waals surface area contributed by atoms with Crippen LogP contribution in [0.2, 0.25) is 0 Å². The van der Waals surface area contributed by atoms with Gasteiger partial charge in [0.1, 0.15) is 25.1 Å². The van der Waals surface area contributed by atoms with Crippen molar-refractivity contribution in [2.24, 2.45) is 34.5 Å². The summed E-state index contributed by atoms with van der Waals surface area (Å²) in [7, 11) is 0. The summed E-state index contributed by atoms with van der Waals surface area (Å²) in [5.74, 6) is 1.40. The molecular formula is C23H32O6. The van der Waals surface area contributed by atoms with Crippen LogP contribution in [0.4, 0.5) is 0 Å². The van der Waals surface area contributed by atoms with Crippen molar-refractivity contribution >= 4 is 11.9 Å². The molecule has 29 heavy (non-hydrogen) atoms. The molecule has 0 amide bonds. The maximum absolute atomic E-state index is 11.7. The number of fused-ring (bicyclic) bond motifs is 5. The second kappa shape index (κ2) is 7.55. The molecular weight excluding hydrogens is 372 g/mol. The van der Waals surface area contributed by atoms with Gasteiger partial charge in [-0.1, -0.05) is 19.9 Å². The molecule has 3 fully saturated rings. The van der Waals surface area contributed by atoms with E-state index in [2.05, 4.69) is 26.0 Å². The lowest BCUT2D eigenvalue weighted by Gasteiger charge is -2.58. The Morgan fingerprint density at radius 1 is 1.03 bits per heavy atom. The minimum absolute atomic E-state index is 0.00870. The smallest absolute Gasteiger partial charge is 0.337 e. The summed E-state index contributed by atoms with van der Waals surface area (Å²) in [4.78, 5) is 23.1. The first-order valence-electron chi connectivity index (χ1n) is 10.8. The summed E-state index contributed by atoms with van der Waals surface area (Å²) < 4.78 is 10.9. The SMILES string of the molecule is C[C@]12C=CC(OC(=O)CO)=CC1CC[C@@H]1[C@H]2CC[C@]2(C)C(OC(=O)CO)CC[C@@H]12. The minimum Gasteiger partial charge on any atom is -0.460 e. The first kappa shape index (κ1) is 20.6. The van der Waals surface area contributed by atoms with Gasteiger partial charge in [-0.3, -0.25) is 0 Å². The maximum Gasteiger partial charge on any atom is 0.337 e. The van der Waals surface area contributed by atoms with Crippen LogP contribution in [0.1, 0.15) is 52.4 Å². The molecule has 2 unspecified atom stereocenters. The zero-order chi connectivity index (χ0) is 20.8. The number of rotatable bonds is 4. The first-order chi connectivity index (χ1) is 13.8. The molecule has 0 aromatic rings. The van der Waals surface area contributed by atoms with E-state index < -0.39 is 25.2 Å². The molecule has 6 nitrogen and oxygen atoms in total. The number of hydrogen-bond donors (Lipinski definition) is 2. The van der Waals surface area contributed by atoms with Crippen molar-refractivity contribution in [3.8, 4) is 0 Å². The van der Waals surface area contributed by atoms with Crippen molar-refractivity contribution in [2.45, 2.75) is 58.5 Å². The van der Waals surface area contributed by atoms with Crippen LogP contribution in [-0.2, 0) is 19.1 Å². The third-order valence-electron chi connectivity index (χ3n) is 8.49.